The molecule has 8 heteroatoms. The minimum atomic E-state index is -0.273. The molecule has 164 valence electrons. The van der Waals surface area contributed by atoms with Gasteiger partial charge < -0.3 is 20.9 Å². The molecule has 1 unspecified atom stereocenters. The smallest absolute Gasteiger partial charge is 0.321 e. The van der Waals surface area contributed by atoms with Gasteiger partial charge in [-0.05, 0) is 49.6 Å². The monoisotopic (exact) mass is 486 g/mol. The fourth-order valence-electron chi connectivity index (χ4n) is 3.48. The van der Waals surface area contributed by atoms with E-state index in [0.717, 1.165) is 34.3 Å². The number of para-hydroxylation sites is 1. The zero-order valence-corrected chi connectivity index (χ0v) is 19.1. The van der Waals surface area contributed by atoms with Gasteiger partial charge in [-0.2, -0.15) is 0 Å². The molecule has 3 rings (SSSR count). The molecule has 1 saturated heterocycles. The zero-order chi connectivity index (χ0) is 22.2. The Hall–Kier alpha value is -2.87. The molecule has 1 heterocycles. The molecule has 0 bridgehead atoms. The van der Waals surface area contributed by atoms with E-state index in [4.69, 9.17) is 0 Å². The molecule has 1 atom stereocenters. The van der Waals surface area contributed by atoms with Crippen molar-refractivity contribution in [1.82, 2.24) is 10.2 Å². The highest BCUT2D eigenvalue weighted by molar-refractivity contribution is 9.10. The number of carbonyl (C=O) groups excluding carboxylic acids is 3. The van der Waals surface area contributed by atoms with E-state index in [9.17, 15) is 14.4 Å². The van der Waals surface area contributed by atoms with Crippen LogP contribution in [0.25, 0.3) is 0 Å². The third-order valence-electron chi connectivity index (χ3n) is 5.23. The van der Waals surface area contributed by atoms with Crippen LogP contribution in [0.2, 0.25) is 0 Å². The lowest BCUT2D eigenvalue weighted by atomic mass is 9.97. The van der Waals surface area contributed by atoms with E-state index in [1.807, 2.05) is 55.5 Å². The third-order valence-corrected chi connectivity index (χ3v) is 5.72. The topological polar surface area (TPSA) is 90.5 Å². The number of rotatable bonds is 6. The number of likely N-dealkylation sites (tertiary alicyclic amines) is 1. The Balaban J connectivity index is 1.43. The standard InChI is InChI=1S/C23H27BrN4O3/c1-16-9-10-18(24)14-20(16)27-21(29)11-12-25-22(30)17-6-5-13-28(15-17)23(31)26-19-7-3-2-4-8-19/h2-4,7-10,14,17H,5-6,11-13,15H2,1H3,(H,25,30)(H,26,31)(H,27,29). The van der Waals surface area contributed by atoms with Crippen LogP contribution in [0.4, 0.5) is 16.2 Å². The molecule has 0 aliphatic carbocycles. The highest BCUT2D eigenvalue weighted by Gasteiger charge is 2.28. The summed E-state index contributed by atoms with van der Waals surface area (Å²) in [5.74, 6) is -0.552. The van der Waals surface area contributed by atoms with Crippen molar-refractivity contribution in [3.8, 4) is 0 Å². The first-order valence-corrected chi connectivity index (χ1v) is 11.2. The quantitative estimate of drug-likeness (QED) is 0.572. The Labute approximate surface area is 190 Å². The lowest BCUT2D eigenvalue weighted by Crippen LogP contribution is -2.47. The van der Waals surface area contributed by atoms with E-state index in [1.165, 1.54) is 0 Å². The maximum Gasteiger partial charge on any atom is 0.321 e. The van der Waals surface area contributed by atoms with Crippen LogP contribution < -0.4 is 16.0 Å². The van der Waals surface area contributed by atoms with Gasteiger partial charge >= 0.3 is 6.03 Å². The molecule has 31 heavy (non-hydrogen) atoms. The molecule has 3 N–H and O–H groups in total. The third kappa shape index (κ3) is 6.82. The normalized spacial score (nSPS) is 15.8. The number of hydrogen-bond donors (Lipinski definition) is 3. The molecule has 2 aromatic carbocycles. The molecule has 1 fully saturated rings. The van der Waals surface area contributed by atoms with E-state index in [-0.39, 0.29) is 36.7 Å². The molecule has 0 saturated carbocycles. The van der Waals surface area contributed by atoms with Crippen molar-refractivity contribution >= 4 is 45.2 Å². The molecule has 7 nitrogen and oxygen atoms in total. The number of anilines is 2. The van der Waals surface area contributed by atoms with Crippen molar-refractivity contribution < 1.29 is 14.4 Å². The SMILES string of the molecule is Cc1ccc(Br)cc1NC(=O)CCNC(=O)C1CCCN(C(=O)Nc2ccccc2)C1. The van der Waals surface area contributed by atoms with Crippen molar-refractivity contribution in [2.45, 2.75) is 26.2 Å². The summed E-state index contributed by atoms with van der Waals surface area (Å²) < 4.78 is 0.889. The first-order chi connectivity index (χ1) is 14.9. The van der Waals surface area contributed by atoms with Gasteiger partial charge in [0.25, 0.3) is 0 Å². The van der Waals surface area contributed by atoms with Crippen LogP contribution in [-0.2, 0) is 9.59 Å². The van der Waals surface area contributed by atoms with E-state index < -0.39 is 0 Å². The average molecular weight is 487 g/mol. The molecule has 1 aliphatic heterocycles. The lowest BCUT2D eigenvalue weighted by molar-refractivity contribution is -0.126. The van der Waals surface area contributed by atoms with Gasteiger partial charge in [-0.25, -0.2) is 4.79 Å². The van der Waals surface area contributed by atoms with Crippen LogP contribution in [0.1, 0.15) is 24.8 Å². The Morgan fingerprint density at radius 1 is 1.10 bits per heavy atom. The number of benzene rings is 2. The second-order valence-corrected chi connectivity index (χ2v) is 8.55. The fourth-order valence-corrected chi connectivity index (χ4v) is 3.85. The van der Waals surface area contributed by atoms with Gasteiger partial charge in [0, 0.05) is 41.9 Å². The van der Waals surface area contributed by atoms with Gasteiger partial charge in [-0.15, -0.1) is 0 Å². The maximum atomic E-state index is 12.6. The van der Waals surface area contributed by atoms with Gasteiger partial charge in [-0.1, -0.05) is 40.2 Å². The number of halogens is 1. The summed E-state index contributed by atoms with van der Waals surface area (Å²) in [6, 6.07) is 14.7. The molecule has 4 amide bonds. The summed E-state index contributed by atoms with van der Waals surface area (Å²) in [5.41, 5.74) is 2.44. The first kappa shape index (κ1) is 22.8. The summed E-state index contributed by atoms with van der Waals surface area (Å²) in [6.45, 7) is 3.17. The van der Waals surface area contributed by atoms with Gasteiger partial charge in [0.2, 0.25) is 11.8 Å². The number of carbonyl (C=O) groups is 3. The van der Waals surface area contributed by atoms with Gasteiger partial charge in [0.05, 0.1) is 5.92 Å². The van der Waals surface area contributed by atoms with Crippen LogP contribution in [0.15, 0.2) is 53.0 Å². The number of piperidine rings is 1. The maximum absolute atomic E-state index is 12.6. The predicted octanol–water partition coefficient (Wildman–Crippen LogP) is 4.15. The van der Waals surface area contributed by atoms with Crippen molar-refractivity contribution in [3.05, 3.63) is 58.6 Å². The van der Waals surface area contributed by atoms with Crippen LogP contribution in [0, 0.1) is 12.8 Å². The molecular weight excluding hydrogens is 460 g/mol. The summed E-state index contributed by atoms with van der Waals surface area (Å²) in [6.07, 6.45) is 1.68. The molecular formula is C23H27BrN4O3. The van der Waals surface area contributed by atoms with E-state index in [2.05, 4.69) is 31.9 Å². The second kappa shape index (κ2) is 10.9. The number of hydrogen-bond acceptors (Lipinski definition) is 3. The minimum absolute atomic E-state index is 0.122. The average Bonchev–Trinajstić information content (AvgIpc) is 2.77. The van der Waals surface area contributed by atoms with Gasteiger partial charge in [0.15, 0.2) is 0 Å². The van der Waals surface area contributed by atoms with E-state index in [1.54, 1.807) is 4.90 Å². The van der Waals surface area contributed by atoms with Crippen molar-refractivity contribution in [1.29, 1.82) is 0 Å². The second-order valence-electron chi connectivity index (χ2n) is 7.63. The number of amides is 4. The first-order valence-electron chi connectivity index (χ1n) is 10.4. The molecule has 0 radical (unpaired) electrons. The van der Waals surface area contributed by atoms with Gasteiger partial charge in [0.1, 0.15) is 0 Å². The molecule has 1 aliphatic rings. The van der Waals surface area contributed by atoms with E-state index in [0.29, 0.717) is 13.1 Å². The van der Waals surface area contributed by atoms with Crippen molar-refractivity contribution in [2.24, 2.45) is 5.92 Å². The molecule has 0 aromatic heterocycles. The summed E-state index contributed by atoms with van der Waals surface area (Å²) >= 11 is 3.39. The number of urea groups is 1. The summed E-state index contributed by atoms with van der Waals surface area (Å²) in [7, 11) is 0. The Morgan fingerprint density at radius 2 is 1.87 bits per heavy atom. The lowest BCUT2D eigenvalue weighted by Gasteiger charge is -2.32. The van der Waals surface area contributed by atoms with Gasteiger partial charge in [-0.3, -0.25) is 9.59 Å². The van der Waals surface area contributed by atoms with Crippen LogP contribution in [-0.4, -0.2) is 42.4 Å². The Bertz CT molecular complexity index is 936. The highest BCUT2D eigenvalue weighted by Crippen LogP contribution is 2.21. The molecule has 0 spiro atoms. The Morgan fingerprint density at radius 3 is 2.65 bits per heavy atom. The zero-order valence-electron chi connectivity index (χ0n) is 17.5. The molecule has 2 aromatic rings. The van der Waals surface area contributed by atoms with Crippen molar-refractivity contribution in [2.75, 3.05) is 30.3 Å². The van der Waals surface area contributed by atoms with Crippen molar-refractivity contribution in [3.63, 3.8) is 0 Å². The minimum Gasteiger partial charge on any atom is -0.355 e. The fraction of sp³-hybridized carbons (Fsp3) is 0.348. The Kier molecular flexibility index (Phi) is 8.06. The van der Waals surface area contributed by atoms with Crippen LogP contribution in [0.3, 0.4) is 0 Å². The summed E-state index contributed by atoms with van der Waals surface area (Å²) in [4.78, 5) is 38.9. The number of aryl methyl sites for hydroxylation is 1. The van der Waals surface area contributed by atoms with Crippen LogP contribution in [0.5, 0.6) is 0 Å². The van der Waals surface area contributed by atoms with Crippen LogP contribution >= 0.6 is 15.9 Å². The predicted molar refractivity (Wildman–Crippen MR) is 125 cm³/mol. The number of nitrogens with zero attached hydrogens (tertiary/aromatic N) is 1. The number of nitrogens with one attached hydrogen (secondary N) is 3. The van der Waals surface area contributed by atoms with E-state index >= 15 is 0 Å². The highest BCUT2D eigenvalue weighted by atomic mass is 79.9. The largest absolute Gasteiger partial charge is 0.355 e. The summed E-state index contributed by atoms with van der Waals surface area (Å²) in [5, 5.41) is 8.56.